The van der Waals surface area contributed by atoms with Crippen molar-refractivity contribution in [3.8, 4) is 22.8 Å². The number of nitrogens with zero attached hydrogens (tertiary/aromatic N) is 1. The molecule has 0 aliphatic carbocycles. The Kier molecular flexibility index (Phi) is 6.77. The van der Waals surface area contributed by atoms with Crippen LogP contribution in [0.15, 0.2) is 28.7 Å². The lowest BCUT2D eigenvalue weighted by Gasteiger charge is -2.15. The molecule has 0 atom stereocenters. The van der Waals surface area contributed by atoms with Crippen LogP contribution >= 0.6 is 0 Å². The van der Waals surface area contributed by atoms with Gasteiger partial charge in [0.1, 0.15) is 23.0 Å². The number of esters is 1. The number of rotatable bonds is 9. The fourth-order valence-corrected chi connectivity index (χ4v) is 3.47. The second-order valence-corrected chi connectivity index (χ2v) is 7.03. The first-order chi connectivity index (χ1) is 14.0. The van der Waals surface area contributed by atoms with E-state index in [0.29, 0.717) is 35.6 Å². The Bertz CT molecular complexity index is 876. The molecule has 1 fully saturated rings. The van der Waals surface area contributed by atoms with Crippen LogP contribution < -0.4 is 5.32 Å². The number of ether oxygens (including phenoxy) is 1. The molecule has 1 aliphatic rings. The van der Waals surface area contributed by atoms with Gasteiger partial charge in [-0.3, -0.25) is 9.59 Å². The molecule has 1 aromatic heterocycles. The van der Waals surface area contributed by atoms with Crippen LogP contribution in [0.2, 0.25) is 0 Å². The number of phenolic OH excluding ortho intramolecular Hbond substituents is 2. The molecule has 0 unspecified atom stereocenters. The number of furan rings is 1. The van der Waals surface area contributed by atoms with Crippen molar-refractivity contribution in [1.82, 2.24) is 10.2 Å². The average molecular weight is 402 g/mol. The normalized spacial score (nSPS) is 13.8. The molecule has 1 saturated heterocycles. The van der Waals surface area contributed by atoms with Gasteiger partial charge in [0.2, 0.25) is 5.91 Å². The van der Waals surface area contributed by atoms with Gasteiger partial charge in [0, 0.05) is 25.6 Å². The summed E-state index contributed by atoms with van der Waals surface area (Å²) in [6, 6.07) is 6.12. The molecule has 29 heavy (non-hydrogen) atoms. The number of carbonyl (C=O) groups is 2. The number of phenols is 2. The van der Waals surface area contributed by atoms with E-state index in [2.05, 4.69) is 10.1 Å². The fraction of sp³-hybridized carbons (Fsp3) is 0.429. The number of methoxy groups -OCH3 is 1. The molecule has 0 saturated carbocycles. The van der Waals surface area contributed by atoms with Crippen molar-refractivity contribution in [1.29, 1.82) is 0 Å². The second-order valence-electron chi connectivity index (χ2n) is 7.03. The molecule has 1 amide bonds. The molecule has 1 aliphatic heterocycles. The highest BCUT2D eigenvalue weighted by atomic mass is 16.5. The summed E-state index contributed by atoms with van der Waals surface area (Å²) in [6.07, 6.45) is 2.37. The van der Waals surface area contributed by atoms with Gasteiger partial charge in [-0.05, 0) is 43.1 Å². The van der Waals surface area contributed by atoms with Crippen molar-refractivity contribution >= 4 is 11.9 Å². The highest BCUT2D eigenvalue weighted by molar-refractivity contribution is 5.80. The summed E-state index contributed by atoms with van der Waals surface area (Å²) in [7, 11) is 1.28. The SMILES string of the molecule is COC(=O)Cc1cc(O)cc(O)c1-c1ccc(CNCCCN2CCCC2=O)o1. The summed E-state index contributed by atoms with van der Waals surface area (Å²) in [4.78, 5) is 25.1. The molecule has 156 valence electrons. The number of amides is 1. The Balaban J connectivity index is 1.59. The molecular formula is C21H26N2O6. The van der Waals surface area contributed by atoms with Crippen LogP contribution in [0.3, 0.4) is 0 Å². The topological polar surface area (TPSA) is 112 Å². The summed E-state index contributed by atoms with van der Waals surface area (Å²) >= 11 is 0. The van der Waals surface area contributed by atoms with Gasteiger partial charge in [-0.25, -0.2) is 0 Å². The summed E-state index contributed by atoms with van der Waals surface area (Å²) in [5.41, 5.74) is 0.769. The van der Waals surface area contributed by atoms with E-state index in [0.717, 1.165) is 32.5 Å². The summed E-state index contributed by atoms with van der Waals surface area (Å²) in [6.45, 7) is 2.86. The quantitative estimate of drug-likeness (QED) is 0.435. The zero-order valence-electron chi connectivity index (χ0n) is 16.4. The van der Waals surface area contributed by atoms with Crippen LogP contribution in [0.25, 0.3) is 11.3 Å². The van der Waals surface area contributed by atoms with Gasteiger partial charge in [0.15, 0.2) is 0 Å². The molecular weight excluding hydrogens is 376 g/mol. The predicted molar refractivity (Wildman–Crippen MR) is 105 cm³/mol. The Morgan fingerprint density at radius 3 is 2.86 bits per heavy atom. The predicted octanol–water partition coefficient (Wildman–Crippen LogP) is 2.18. The fourth-order valence-electron chi connectivity index (χ4n) is 3.47. The number of benzene rings is 1. The largest absolute Gasteiger partial charge is 0.508 e. The smallest absolute Gasteiger partial charge is 0.310 e. The van der Waals surface area contributed by atoms with Gasteiger partial charge in [-0.1, -0.05) is 0 Å². The van der Waals surface area contributed by atoms with Crippen LogP contribution in [0.1, 0.15) is 30.6 Å². The lowest BCUT2D eigenvalue weighted by molar-refractivity contribution is -0.139. The number of hydrogen-bond acceptors (Lipinski definition) is 7. The van der Waals surface area contributed by atoms with Crippen molar-refractivity contribution in [2.24, 2.45) is 0 Å². The molecule has 2 aromatic rings. The van der Waals surface area contributed by atoms with E-state index in [1.165, 1.54) is 19.2 Å². The van der Waals surface area contributed by atoms with E-state index in [1.54, 1.807) is 12.1 Å². The van der Waals surface area contributed by atoms with Crippen molar-refractivity contribution < 1.29 is 29.0 Å². The maximum atomic E-state index is 11.7. The number of aromatic hydroxyl groups is 2. The van der Waals surface area contributed by atoms with E-state index >= 15 is 0 Å². The number of likely N-dealkylation sites (tertiary alicyclic amines) is 1. The summed E-state index contributed by atoms with van der Waals surface area (Å²) < 4.78 is 10.5. The zero-order valence-corrected chi connectivity index (χ0v) is 16.4. The molecule has 8 heteroatoms. The van der Waals surface area contributed by atoms with Gasteiger partial charge in [0.25, 0.3) is 0 Å². The van der Waals surface area contributed by atoms with Crippen LogP contribution in [-0.2, 0) is 27.3 Å². The van der Waals surface area contributed by atoms with Gasteiger partial charge in [0.05, 0.1) is 25.6 Å². The summed E-state index contributed by atoms with van der Waals surface area (Å²) in [5.74, 6) is 0.510. The highest BCUT2D eigenvalue weighted by Crippen LogP contribution is 2.37. The monoisotopic (exact) mass is 402 g/mol. The highest BCUT2D eigenvalue weighted by Gasteiger charge is 2.20. The molecule has 1 aromatic carbocycles. The molecule has 0 spiro atoms. The van der Waals surface area contributed by atoms with Gasteiger partial charge in [-0.2, -0.15) is 0 Å². The first-order valence-corrected chi connectivity index (χ1v) is 9.67. The Labute approximate surface area is 169 Å². The Morgan fingerprint density at radius 2 is 2.14 bits per heavy atom. The lowest BCUT2D eigenvalue weighted by Crippen LogP contribution is -2.28. The Hall–Kier alpha value is -3.00. The maximum Gasteiger partial charge on any atom is 0.310 e. The molecule has 0 bridgehead atoms. The lowest BCUT2D eigenvalue weighted by atomic mass is 10.0. The van der Waals surface area contributed by atoms with Crippen LogP contribution in [0.5, 0.6) is 11.5 Å². The van der Waals surface area contributed by atoms with Crippen molar-refractivity contribution in [2.45, 2.75) is 32.2 Å². The van der Waals surface area contributed by atoms with E-state index < -0.39 is 5.97 Å². The minimum Gasteiger partial charge on any atom is -0.508 e. The van der Waals surface area contributed by atoms with E-state index in [4.69, 9.17) is 4.42 Å². The first kappa shape index (κ1) is 20.7. The average Bonchev–Trinajstić information content (AvgIpc) is 3.30. The van der Waals surface area contributed by atoms with Crippen molar-refractivity contribution in [3.63, 3.8) is 0 Å². The zero-order chi connectivity index (χ0) is 20.8. The molecule has 2 heterocycles. The van der Waals surface area contributed by atoms with Crippen LogP contribution in [-0.4, -0.2) is 53.7 Å². The first-order valence-electron chi connectivity index (χ1n) is 9.67. The van der Waals surface area contributed by atoms with Gasteiger partial charge in [-0.15, -0.1) is 0 Å². The second kappa shape index (κ2) is 9.47. The van der Waals surface area contributed by atoms with Crippen LogP contribution in [0.4, 0.5) is 0 Å². The standard InChI is InChI=1S/C21H26N2O6/c1-28-20(27)11-14-10-15(24)12-17(25)21(14)18-6-5-16(29-18)13-22-7-3-9-23-8-2-4-19(23)26/h5-6,10,12,22,24-25H,2-4,7-9,11,13H2,1H3. The number of nitrogens with one attached hydrogen (secondary N) is 1. The third kappa shape index (κ3) is 5.29. The van der Waals surface area contributed by atoms with Crippen molar-refractivity contribution in [3.05, 3.63) is 35.6 Å². The minimum absolute atomic E-state index is 0.0999. The molecule has 8 nitrogen and oxygen atoms in total. The summed E-state index contributed by atoms with van der Waals surface area (Å²) in [5, 5.41) is 23.3. The molecule has 0 radical (unpaired) electrons. The number of hydrogen-bond donors (Lipinski definition) is 3. The van der Waals surface area contributed by atoms with E-state index in [9.17, 15) is 19.8 Å². The molecule has 3 rings (SSSR count). The number of carbonyl (C=O) groups excluding carboxylic acids is 2. The van der Waals surface area contributed by atoms with Crippen LogP contribution in [0, 0.1) is 0 Å². The third-order valence-corrected chi connectivity index (χ3v) is 4.91. The van der Waals surface area contributed by atoms with E-state index in [1.807, 2.05) is 4.90 Å². The Morgan fingerprint density at radius 1 is 1.31 bits per heavy atom. The van der Waals surface area contributed by atoms with Gasteiger partial charge < -0.3 is 29.6 Å². The van der Waals surface area contributed by atoms with E-state index in [-0.39, 0.29) is 23.8 Å². The van der Waals surface area contributed by atoms with Crippen molar-refractivity contribution in [2.75, 3.05) is 26.7 Å². The molecule has 3 N–H and O–H groups in total. The third-order valence-electron chi connectivity index (χ3n) is 4.91. The minimum atomic E-state index is -0.485. The van der Waals surface area contributed by atoms with Gasteiger partial charge >= 0.3 is 5.97 Å². The maximum absolute atomic E-state index is 11.7.